The number of hydrogen-bond acceptors (Lipinski definition) is 4. The van der Waals surface area contributed by atoms with Gasteiger partial charge in [0.2, 0.25) is 0 Å². The predicted octanol–water partition coefficient (Wildman–Crippen LogP) is 1.67. The Kier molecular flexibility index (Phi) is 2.85. The molecule has 4 heteroatoms. The highest BCUT2D eigenvalue weighted by molar-refractivity contribution is 7.11. The van der Waals surface area contributed by atoms with Gasteiger partial charge in [0.05, 0.1) is 0 Å². The number of rotatable bonds is 3. The smallest absolute Gasteiger partial charge is 0.125 e. The minimum Gasteiger partial charge on any atom is -0.368 e. The Morgan fingerprint density at radius 2 is 2.57 bits per heavy atom. The number of thiazole rings is 1. The summed E-state index contributed by atoms with van der Waals surface area (Å²) in [6.07, 6.45) is 5.08. The number of ether oxygens (including phenoxy) is 1. The molecule has 0 radical (unpaired) electrons. The van der Waals surface area contributed by atoms with Crippen LogP contribution in [0.2, 0.25) is 0 Å². The lowest BCUT2D eigenvalue weighted by Gasteiger charge is -2.19. The molecule has 0 amide bonds. The Hall–Kier alpha value is -0.450. The first-order valence-electron chi connectivity index (χ1n) is 5.04. The molecule has 0 saturated carbocycles. The maximum atomic E-state index is 5.73. The molecule has 1 fully saturated rings. The Morgan fingerprint density at radius 1 is 1.71 bits per heavy atom. The predicted molar refractivity (Wildman–Crippen MR) is 57.4 cm³/mol. The Labute approximate surface area is 88.3 Å². The summed E-state index contributed by atoms with van der Waals surface area (Å²) in [6, 6.07) is 0. The summed E-state index contributed by atoms with van der Waals surface area (Å²) in [5.74, 6) is 0. The van der Waals surface area contributed by atoms with Gasteiger partial charge in [-0.25, -0.2) is 4.98 Å². The molecule has 1 unspecified atom stereocenters. The van der Waals surface area contributed by atoms with Gasteiger partial charge < -0.3 is 10.5 Å². The number of nitrogens with zero attached hydrogens (tertiary/aromatic N) is 1. The summed E-state index contributed by atoms with van der Waals surface area (Å²) in [4.78, 5) is 5.69. The van der Waals surface area contributed by atoms with Crippen LogP contribution in [0.15, 0.2) is 6.20 Å². The minimum absolute atomic E-state index is 0.127. The molecule has 1 atom stereocenters. The molecule has 0 aromatic carbocycles. The van der Waals surface area contributed by atoms with E-state index >= 15 is 0 Å². The molecule has 1 saturated heterocycles. The first kappa shape index (κ1) is 10.1. The summed E-state index contributed by atoms with van der Waals surface area (Å²) in [5, 5.41) is 1.11. The lowest BCUT2D eigenvalue weighted by Crippen LogP contribution is -2.19. The molecular formula is C10H16N2OS. The van der Waals surface area contributed by atoms with Crippen molar-refractivity contribution < 1.29 is 4.74 Å². The van der Waals surface area contributed by atoms with E-state index in [9.17, 15) is 0 Å². The second kappa shape index (κ2) is 3.96. The van der Waals surface area contributed by atoms with Gasteiger partial charge in [0.25, 0.3) is 0 Å². The van der Waals surface area contributed by atoms with Crippen LogP contribution in [-0.2, 0) is 16.8 Å². The van der Waals surface area contributed by atoms with Crippen LogP contribution < -0.4 is 5.73 Å². The van der Waals surface area contributed by atoms with E-state index in [0.717, 1.165) is 30.9 Å². The van der Waals surface area contributed by atoms with Crippen molar-refractivity contribution in [3.05, 3.63) is 16.1 Å². The van der Waals surface area contributed by atoms with Crippen molar-refractivity contribution in [1.29, 1.82) is 0 Å². The zero-order chi connectivity index (χ0) is 10.0. The van der Waals surface area contributed by atoms with Crippen molar-refractivity contribution in [2.24, 2.45) is 5.73 Å². The van der Waals surface area contributed by atoms with E-state index in [1.54, 1.807) is 11.3 Å². The van der Waals surface area contributed by atoms with Crippen molar-refractivity contribution >= 4 is 11.3 Å². The summed E-state index contributed by atoms with van der Waals surface area (Å²) >= 11 is 1.74. The standard InChI is InChI=1S/C10H16N2OS/c1-10(4-2-6-13-10)9-12-7-8(14-9)3-5-11/h7H,2-6,11H2,1H3. The SMILES string of the molecule is CC1(c2ncc(CCN)s2)CCCO1. The summed E-state index contributed by atoms with van der Waals surface area (Å²) < 4.78 is 5.73. The summed E-state index contributed by atoms with van der Waals surface area (Å²) in [6.45, 7) is 3.69. The fourth-order valence-electron chi connectivity index (χ4n) is 1.76. The van der Waals surface area contributed by atoms with Crippen LogP contribution in [0.3, 0.4) is 0 Å². The Morgan fingerprint density at radius 3 is 3.21 bits per heavy atom. The number of hydrogen-bond donors (Lipinski definition) is 1. The minimum atomic E-state index is -0.127. The highest BCUT2D eigenvalue weighted by Crippen LogP contribution is 2.37. The molecule has 0 bridgehead atoms. The molecular weight excluding hydrogens is 196 g/mol. The van der Waals surface area contributed by atoms with E-state index in [4.69, 9.17) is 10.5 Å². The van der Waals surface area contributed by atoms with Crippen molar-refractivity contribution in [2.75, 3.05) is 13.2 Å². The van der Waals surface area contributed by atoms with Gasteiger partial charge in [-0.1, -0.05) is 0 Å². The fraction of sp³-hybridized carbons (Fsp3) is 0.700. The maximum absolute atomic E-state index is 5.73. The molecule has 1 aliphatic rings. The number of nitrogens with two attached hydrogens (primary N) is 1. The molecule has 1 aromatic rings. The third-order valence-corrected chi connectivity index (χ3v) is 3.92. The number of aromatic nitrogens is 1. The lowest BCUT2D eigenvalue weighted by atomic mass is 10.0. The molecule has 1 aromatic heterocycles. The van der Waals surface area contributed by atoms with Crippen LogP contribution in [0.1, 0.15) is 29.7 Å². The van der Waals surface area contributed by atoms with Gasteiger partial charge in [-0.05, 0) is 32.7 Å². The maximum Gasteiger partial charge on any atom is 0.125 e. The lowest BCUT2D eigenvalue weighted by molar-refractivity contribution is 0.0166. The van der Waals surface area contributed by atoms with E-state index < -0.39 is 0 Å². The first-order chi connectivity index (χ1) is 6.74. The van der Waals surface area contributed by atoms with Crippen molar-refractivity contribution in [2.45, 2.75) is 31.8 Å². The van der Waals surface area contributed by atoms with E-state index in [-0.39, 0.29) is 5.60 Å². The highest BCUT2D eigenvalue weighted by Gasteiger charge is 2.34. The molecule has 0 spiro atoms. The van der Waals surface area contributed by atoms with Gasteiger partial charge in [-0.3, -0.25) is 0 Å². The molecule has 2 rings (SSSR count). The Balaban J connectivity index is 2.15. The molecule has 14 heavy (non-hydrogen) atoms. The third-order valence-electron chi connectivity index (χ3n) is 2.62. The molecule has 2 heterocycles. The van der Waals surface area contributed by atoms with Crippen LogP contribution >= 0.6 is 11.3 Å². The van der Waals surface area contributed by atoms with Crippen molar-refractivity contribution in [1.82, 2.24) is 4.98 Å². The van der Waals surface area contributed by atoms with Gasteiger partial charge in [0, 0.05) is 17.7 Å². The average Bonchev–Trinajstić information content (AvgIpc) is 2.75. The van der Waals surface area contributed by atoms with Gasteiger partial charge in [0.1, 0.15) is 10.6 Å². The van der Waals surface area contributed by atoms with Gasteiger partial charge in [-0.2, -0.15) is 0 Å². The van der Waals surface area contributed by atoms with Gasteiger partial charge in [0.15, 0.2) is 0 Å². The molecule has 0 aliphatic carbocycles. The third kappa shape index (κ3) is 1.82. The van der Waals surface area contributed by atoms with E-state index in [2.05, 4.69) is 11.9 Å². The molecule has 78 valence electrons. The highest BCUT2D eigenvalue weighted by atomic mass is 32.1. The molecule has 2 N–H and O–H groups in total. The van der Waals surface area contributed by atoms with Crippen LogP contribution in [0.5, 0.6) is 0 Å². The zero-order valence-electron chi connectivity index (χ0n) is 8.45. The van der Waals surface area contributed by atoms with Crippen LogP contribution in [0, 0.1) is 0 Å². The monoisotopic (exact) mass is 212 g/mol. The van der Waals surface area contributed by atoms with Crippen molar-refractivity contribution in [3.8, 4) is 0 Å². The fourth-order valence-corrected chi connectivity index (χ4v) is 2.81. The molecule has 1 aliphatic heterocycles. The van der Waals surface area contributed by atoms with E-state index in [0.29, 0.717) is 6.54 Å². The summed E-state index contributed by atoms with van der Waals surface area (Å²) in [7, 11) is 0. The molecule has 3 nitrogen and oxygen atoms in total. The van der Waals surface area contributed by atoms with Crippen molar-refractivity contribution in [3.63, 3.8) is 0 Å². The largest absolute Gasteiger partial charge is 0.368 e. The summed E-state index contributed by atoms with van der Waals surface area (Å²) in [5.41, 5.74) is 5.38. The van der Waals surface area contributed by atoms with Crippen LogP contribution in [-0.4, -0.2) is 18.1 Å². The Bertz CT molecular complexity index is 305. The first-order valence-corrected chi connectivity index (χ1v) is 5.85. The van der Waals surface area contributed by atoms with Crippen LogP contribution in [0.25, 0.3) is 0 Å². The normalized spacial score (nSPS) is 27.0. The van der Waals surface area contributed by atoms with E-state index in [1.807, 2.05) is 6.20 Å². The topological polar surface area (TPSA) is 48.1 Å². The van der Waals surface area contributed by atoms with Gasteiger partial charge in [-0.15, -0.1) is 11.3 Å². The second-order valence-corrected chi connectivity index (χ2v) is 4.97. The average molecular weight is 212 g/mol. The quantitative estimate of drug-likeness (QED) is 0.829. The zero-order valence-corrected chi connectivity index (χ0v) is 9.27. The van der Waals surface area contributed by atoms with Crippen LogP contribution in [0.4, 0.5) is 0 Å². The second-order valence-electron chi connectivity index (χ2n) is 3.85. The van der Waals surface area contributed by atoms with Gasteiger partial charge >= 0.3 is 0 Å². The van der Waals surface area contributed by atoms with E-state index in [1.165, 1.54) is 4.88 Å².